The van der Waals surface area contributed by atoms with E-state index in [4.69, 9.17) is 16.0 Å². The summed E-state index contributed by atoms with van der Waals surface area (Å²) in [5.74, 6) is -0.430. The summed E-state index contributed by atoms with van der Waals surface area (Å²) in [5, 5.41) is 3.83. The minimum Gasteiger partial charge on any atom is -0.422 e. The van der Waals surface area contributed by atoms with Crippen molar-refractivity contribution in [3.63, 3.8) is 0 Å². The summed E-state index contributed by atoms with van der Waals surface area (Å²) in [4.78, 5) is 39.1. The number of carbonyl (C=O) groups is 2. The second kappa shape index (κ2) is 6.74. The van der Waals surface area contributed by atoms with Gasteiger partial charge >= 0.3 is 11.7 Å². The van der Waals surface area contributed by atoms with E-state index in [0.29, 0.717) is 27.1 Å². The van der Waals surface area contributed by atoms with Crippen LogP contribution >= 0.6 is 11.6 Å². The van der Waals surface area contributed by atoms with Gasteiger partial charge in [0.1, 0.15) is 11.1 Å². The monoisotopic (exact) mass is 410 g/mol. The molecule has 2 aromatic carbocycles. The molecule has 1 fully saturated rings. The Labute approximate surface area is 172 Å². The molecule has 1 saturated heterocycles. The van der Waals surface area contributed by atoms with Crippen molar-refractivity contribution in [2.24, 2.45) is 0 Å². The van der Waals surface area contributed by atoms with Crippen LogP contribution in [0.1, 0.15) is 29.2 Å². The zero-order valence-electron chi connectivity index (χ0n) is 16.2. The molecule has 148 valence electrons. The van der Waals surface area contributed by atoms with Gasteiger partial charge in [0, 0.05) is 22.0 Å². The van der Waals surface area contributed by atoms with E-state index in [0.717, 1.165) is 16.0 Å². The summed E-state index contributed by atoms with van der Waals surface area (Å²) in [6.45, 7) is 5.37. The number of fused-ring (bicyclic) bond motifs is 1. The van der Waals surface area contributed by atoms with Gasteiger partial charge < -0.3 is 9.73 Å². The lowest BCUT2D eigenvalue weighted by atomic mass is 9.92. The van der Waals surface area contributed by atoms with Crippen molar-refractivity contribution in [2.45, 2.75) is 32.9 Å². The summed E-state index contributed by atoms with van der Waals surface area (Å²) in [6, 6.07) is 11.4. The lowest BCUT2D eigenvalue weighted by molar-refractivity contribution is -0.131. The first kappa shape index (κ1) is 19.2. The molecule has 1 aromatic heterocycles. The van der Waals surface area contributed by atoms with Gasteiger partial charge in [0.05, 0.1) is 6.54 Å². The first-order chi connectivity index (χ1) is 13.7. The van der Waals surface area contributed by atoms with Crippen LogP contribution in [-0.2, 0) is 16.9 Å². The average molecular weight is 411 g/mol. The Morgan fingerprint density at radius 1 is 1.10 bits per heavy atom. The molecule has 1 aliphatic heterocycles. The molecule has 6 nitrogen and oxygen atoms in total. The highest BCUT2D eigenvalue weighted by molar-refractivity contribution is 6.32. The number of hydrogen-bond acceptors (Lipinski definition) is 4. The average Bonchev–Trinajstić information content (AvgIpc) is 2.89. The Balaban J connectivity index is 1.77. The molecular weight excluding hydrogens is 392 g/mol. The van der Waals surface area contributed by atoms with E-state index >= 15 is 0 Å². The second-order valence-corrected chi connectivity index (χ2v) is 7.81. The maximum Gasteiger partial charge on any atom is 0.336 e. The van der Waals surface area contributed by atoms with Gasteiger partial charge in [0.2, 0.25) is 0 Å². The molecule has 0 aliphatic carbocycles. The molecule has 3 aromatic rings. The molecule has 2 heterocycles. The van der Waals surface area contributed by atoms with Crippen LogP contribution in [0.4, 0.5) is 4.79 Å². The minimum absolute atomic E-state index is 0.0463. The molecule has 1 N–H and O–H groups in total. The third-order valence-corrected chi connectivity index (χ3v) is 5.86. The van der Waals surface area contributed by atoms with Gasteiger partial charge in [-0.05, 0) is 43.5 Å². The van der Waals surface area contributed by atoms with E-state index < -0.39 is 23.1 Å². The van der Waals surface area contributed by atoms with Gasteiger partial charge in [-0.15, -0.1) is 0 Å². The standard InChI is InChI=1S/C22H19ClN2O4/c1-12-8-9-15-14(10-18(26)29-19(15)13(12)2)11-25-20(27)22(3,24-21(25)28)16-6-4-5-7-17(16)23/h4-10H,11H2,1-3H3,(H,24,28)/t22-/m0/s1. The Hall–Kier alpha value is -3.12. The number of rotatable bonds is 3. The van der Waals surface area contributed by atoms with Gasteiger partial charge in [-0.3, -0.25) is 9.69 Å². The Bertz CT molecular complexity index is 1230. The topological polar surface area (TPSA) is 79.6 Å². The first-order valence-electron chi connectivity index (χ1n) is 9.14. The molecule has 0 unspecified atom stereocenters. The maximum atomic E-state index is 13.2. The molecule has 1 atom stereocenters. The highest BCUT2D eigenvalue weighted by atomic mass is 35.5. The number of halogens is 1. The number of urea groups is 1. The van der Waals surface area contributed by atoms with E-state index in [1.807, 2.05) is 26.0 Å². The molecule has 0 spiro atoms. The lowest BCUT2D eigenvalue weighted by Gasteiger charge is -2.23. The van der Waals surface area contributed by atoms with Crippen LogP contribution < -0.4 is 10.9 Å². The number of imide groups is 1. The summed E-state index contributed by atoms with van der Waals surface area (Å²) < 4.78 is 5.38. The van der Waals surface area contributed by atoms with E-state index in [1.54, 1.807) is 31.2 Å². The molecule has 3 amide bonds. The fourth-order valence-corrected chi connectivity index (χ4v) is 4.04. The number of nitrogens with zero attached hydrogens (tertiary/aromatic N) is 1. The van der Waals surface area contributed by atoms with Gasteiger partial charge in [0.25, 0.3) is 5.91 Å². The third-order valence-electron chi connectivity index (χ3n) is 5.53. The number of benzene rings is 2. The number of carbonyl (C=O) groups excluding carboxylic acids is 2. The Morgan fingerprint density at radius 2 is 1.83 bits per heavy atom. The quantitative estimate of drug-likeness (QED) is 0.522. The van der Waals surface area contributed by atoms with Crippen molar-refractivity contribution < 1.29 is 14.0 Å². The maximum absolute atomic E-state index is 13.2. The van der Waals surface area contributed by atoms with Gasteiger partial charge in [-0.25, -0.2) is 9.59 Å². The van der Waals surface area contributed by atoms with E-state index in [2.05, 4.69) is 5.32 Å². The van der Waals surface area contributed by atoms with Crippen LogP contribution in [0.5, 0.6) is 0 Å². The second-order valence-electron chi connectivity index (χ2n) is 7.40. The molecule has 0 radical (unpaired) electrons. The molecule has 7 heteroatoms. The summed E-state index contributed by atoms with van der Waals surface area (Å²) in [5.41, 5.74) is 1.56. The zero-order chi connectivity index (χ0) is 20.9. The molecule has 0 saturated carbocycles. The minimum atomic E-state index is -1.28. The highest BCUT2D eigenvalue weighted by Crippen LogP contribution is 2.34. The third kappa shape index (κ3) is 3.00. The molecule has 0 bridgehead atoms. The predicted molar refractivity (Wildman–Crippen MR) is 110 cm³/mol. The molecule has 29 heavy (non-hydrogen) atoms. The smallest absolute Gasteiger partial charge is 0.336 e. The van der Waals surface area contributed by atoms with Crippen molar-refractivity contribution >= 4 is 34.5 Å². The van der Waals surface area contributed by atoms with Crippen molar-refractivity contribution in [3.05, 3.63) is 80.2 Å². The number of nitrogens with one attached hydrogen (secondary N) is 1. The van der Waals surface area contributed by atoms with Crippen LogP contribution in [0.3, 0.4) is 0 Å². The normalized spacial score (nSPS) is 19.1. The van der Waals surface area contributed by atoms with Gasteiger partial charge in [-0.1, -0.05) is 41.9 Å². The molecular formula is C22H19ClN2O4. The number of hydrogen-bond donors (Lipinski definition) is 1. The number of amides is 3. The van der Waals surface area contributed by atoms with Crippen molar-refractivity contribution in [2.75, 3.05) is 0 Å². The van der Waals surface area contributed by atoms with E-state index in [9.17, 15) is 14.4 Å². The van der Waals surface area contributed by atoms with Gasteiger partial charge in [0.15, 0.2) is 0 Å². The van der Waals surface area contributed by atoms with Crippen LogP contribution in [0.25, 0.3) is 11.0 Å². The lowest BCUT2D eigenvalue weighted by Crippen LogP contribution is -2.41. The summed E-state index contributed by atoms with van der Waals surface area (Å²) >= 11 is 6.27. The largest absolute Gasteiger partial charge is 0.422 e. The highest BCUT2D eigenvalue weighted by Gasteiger charge is 2.49. The molecule has 1 aliphatic rings. The number of aryl methyl sites for hydroxylation is 2. The van der Waals surface area contributed by atoms with Crippen LogP contribution in [0.15, 0.2) is 51.7 Å². The van der Waals surface area contributed by atoms with Crippen LogP contribution in [0.2, 0.25) is 5.02 Å². The van der Waals surface area contributed by atoms with Crippen molar-refractivity contribution in [3.8, 4) is 0 Å². The fraction of sp³-hybridized carbons (Fsp3) is 0.227. The van der Waals surface area contributed by atoms with E-state index in [-0.39, 0.29) is 6.54 Å². The van der Waals surface area contributed by atoms with Crippen LogP contribution in [0, 0.1) is 13.8 Å². The summed E-state index contributed by atoms with van der Waals surface area (Å²) in [6.07, 6.45) is 0. The van der Waals surface area contributed by atoms with Gasteiger partial charge in [-0.2, -0.15) is 0 Å². The Morgan fingerprint density at radius 3 is 2.55 bits per heavy atom. The summed E-state index contributed by atoms with van der Waals surface area (Å²) in [7, 11) is 0. The zero-order valence-corrected chi connectivity index (χ0v) is 17.0. The fourth-order valence-electron chi connectivity index (χ4n) is 3.72. The van der Waals surface area contributed by atoms with Crippen molar-refractivity contribution in [1.82, 2.24) is 10.2 Å². The predicted octanol–water partition coefficient (Wildman–Crippen LogP) is 4.03. The van der Waals surface area contributed by atoms with Crippen LogP contribution in [-0.4, -0.2) is 16.8 Å². The van der Waals surface area contributed by atoms with Crippen molar-refractivity contribution in [1.29, 1.82) is 0 Å². The Kier molecular flexibility index (Phi) is 4.46. The SMILES string of the molecule is Cc1ccc2c(CN3C(=O)N[C@@](C)(c4ccccc4Cl)C3=O)cc(=O)oc2c1C. The molecule has 4 rings (SSSR count). The first-order valence-corrected chi connectivity index (χ1v) is 9.52. The van der Waals surface area contributed by atoms with E-state index in [1.165, 1.54) is 6.07 Å².